The van der Waals surface area contributed by atoms with Crippen LogP contribution in [-0.4, -0.2) is 72.1 Å². The van der Waals surface area contributed by atoms with E-state index in [4.69, 9.17) is 0 Å². The molecule has 9 heteroatoms. The maximum Gasteiger partial charge on any atom is 0.266 e. The molecule has 3 aromatic rings. The molecule has 1 saturated heterocycles. The zero-order valence-corrected chi connectivity index (χ0v) is 16.9. The highest BCUT2D eigenvalue weighted by Crippen LogP contribution is 2.08. The van der Waals surface area contributed by atoms with Crippen LogP contribution in [0.3, 0.4) is 0 Å². The largest absolute Gasteiger partial charge is 0.299 e. The van der Waals surface area contributed by atoms with Crippen molar-refractivity contribution in [3.8, 4) is 5.82 Å². The van der Waals surface area contributed by atoms with Crippen molar-refractivity contribution in [3.05, 3.63) is 64.2 Å². The van der Waals surface area contributed by atoms with Crippen molar-refractivity contribution in [3.63, 3.8) is 0 Å². The maximum atomic E-state index is 12.3. The average molecular weight is 394 g/mol. The van der Waals surface area contributed by atoms with Crippen molar-refractivity contribution in [2.45, 2.75) is 26.9 Å². The van der Waals surface area contributed by atoms with Gasteiger partial charge in [-0.25, -0.2) is 19.3 Å². The molecule has 9 nitrogen and oxygen atoms in total. The second kappa shape index (κ2) is 8.62. The summed E-state index contributed by atoms with van der Waals surface area (Å²) in [5.74, 6) is 1.53. The Balaban J connectivity index is 1.33. The van der Waals surface area contributed by atoms with Gasteiger partial charge in [0, 0.05) is 56.9 Å². The lowest BCUT2D eigenvalue weighted by Crippen LogP contribution is -2.47. The van der Waals surface area contributed by atoms with Gasteiger partial charge in [0.25, 0.3) is 5.56 Å². The Hall–Kier alpha value is -2.91. The molecule has 1 fully saturated rings. The number of piperazine rings is 1. The molecule has 0 spiro atoms. The quantitative estimate of drug-likeness (QED) is 0.607. The third kappa shape index (κ3) is 4.75. The molecular formula is C20H26N8O. The first-order chi connectivity index (χ1) is 14.1. The molecule has 0 bridgehead atoms. The second-order valence-corrected chi connectivity index (χ2v) is 7.37. The predicted octanol–water partition coefficient (Wildman–Crippen LogP) is 0.654. The molecule has 0 atom stereocenters. The minimum atomic E-state index is -0.0878. The van der Waals surface area contributed by atoms with Gasteiger partial charge in [-0.05, 0) is 32.0 Å². The van der Waals surface area contributed by atoms with E-state index in [1.165, 1.54) is 4.68 Å². The predicted molar refractivity (Wildman–Crippen MR) is 109 cm³/mol. The van der Waals surface area contributed by atoms with E-state index in [0.717, 1.165) is 56.5 Å². The van der Waals surface area contributed by atoms with Crippen molar-refractivity contribution in [2.75, 3.05) is 32.7 Å². The summed E-state index contributed by atoms with van der Waals surface area (Å²) in [6, 6.07) is 7.12. The Labute approximate surface area is 169 Å². The van der Waals surface area contributed by atoms with Crippen LogP contribution in [0.4, 0.5) is 0 Å². The van der Waals surface area contributed by atoms with Crippen LogP contribution < -0.4 is 5.56 Å². The van der Waals surface area contributed by atoms with Gasteiger partial charge in [-0.2, -0.15) is 5.10 Å². The minimum absolute atomic E-state index is 0.0878. The normalized spacial score (nSPS) is 15.7. The molecule has 152 valence electrons. The van der Waals surface area contributed by atoms with E-state index in [-0.39, 0.29) is 5.56 Å². The lowest BCUT2D eigenvalue weighted by Gasteiger charge is -2.34. The van der Waals surface area contributed by atoms with Crippen LogP contribution in [-0.2, 0) is 13.1 Å². The van der Waals surface area contributed by atoms with E-state index in [0.29, 0.717) is 12.4 Å². The molecular weight excluding hydrogens is 368 g/mol. The first-order valence-corrected chi connectivity index (χ1v) is 9.91. The van der Waals surface area contributed by atoms with E-state index < -0.39 is 0 Å². The summed E-state index contributed by atoms with van der Waals surface area (Å²) in [5.41, 5.74) is 1.84. The van der Waals surface area contributed by atoms with E-state index in [1.54, 1.807) is 29.2 Å². The molecule has 0 unspecified atom stereocenters. The summed E-state index contributed by atoms with van der Waals surface area (Å²) in [6.07, 6.45) is 3.56. The van der Waals surface area contributed by atoms with Crippen molar-refractivity contribution < 1.29 is 0 Å². The first-order valence-electron chi connectivity index (χ1n) is 9.91. The van der Waals surface area contributed by atoms with E-state index >= 15 is 0 Å². The average Bonchev–Trinajstić information content (AvgIpc) is 3.07. The van der Waals surface area contributed by atoms with Crippen LogP contribution in [0.1, 0.15) is 17.2 Å². The Kier molecular flexibility index (Phi) is 5.77. The van der Waals surface area contributed by atoms with Crippen molar-refractivity contribution in [1.29, 1.82) is 0 Å². The molecule has 1 aliphatic heterocycles. The molecule has 29 heavy (non-hydrogen) atoms. The van der Waals surface area contributed by atoms with Crippen molar-refractivity contribution >= 4 is 0 Å². The fourth-order valence-electron chi connectivity index (χ4n) is 3.59. The Morgan fingerprint density at radius 3 is 2.34 bits per heavy atom. The lowest BCUT2D eigenvalue weighted by atomic mass is 10.3. The van der Waals surface area contributed by atoms with E-state index in [1.807, 2.05) is 26.0 Å². The zero-order chi connectivity index (χ0) is 20.2. The van der Waals surface area contributed by atoms with Crippen molar-refractivity contribution in [1.82, 2.24) is 39.3 Å². The molecule has 4 rings (SSSR count). The Morgan fingerprint density at radius 2 is 1.66 bits per heavy atom. The fourth-order valence-corrected chi connectivity index (χ4v) is 3.59. The van der Waals surface area contributed by atoms with Gasteiger partial charge in [0.2, 0.25) is 0 Å². The highest BCUT2D eigenvalue weighted by Gasteiger charge is 2.18. The van der Waals surface area contributed by atoms with Gasteiger partial charge in [0.15, 0.2) is 5.82 Å². The standard InChI is InChI=1S/C20H26N8O/c1-16-14-17(2)28(23-16)19-4-5-20(29)27(24-19)13-12-25-8-10-26(11-9-25)15-18-21-6-3-7-22-18/h3-7,14H,8-13,15H2,1-2H3. The van der Waals surface area contributed by atoms with Gasteiger partial charge in [-0.1, -0.05) is 0 Å². The summed E-state index contributed by atoms with van der Waals surface area (Å²) in [7, 11) is 0. The van der Waals surface area contributed by atoms with E-state index in [9.17, 15) is 4.79 Å². The smallest absolute Gasteiger partial charge is 0.266 e. The van der Waals surface area contributed by atoms with Crippen LogP contribution in [0.5, 0.6) is 0 Å². The number of hydrogen-bond acceptors (Lipinski definition) is 7. The first kappa shape index (κ1) is 19.4. The molecule has 0 N–H and O–H groups in total. The van der Waals surface area contributed by atoms with Crippen LogP contribution in [0.15, 0.2) is 41.5 Å². The number of hydrogen-bond donors (Lipinski definition) is 0. The SMILES string of the molecule is Cc1cc(C)n(-c2ccc(=O)n(CCN3CCN(Cc4ncccn4)CC3)n2)n1. The van der Waals surface area contributed by atoms with Crippen molar-refractivity contribution in [2.24, 2.45) is 0 Å². The number of aryl methyl sites for hydroxylation is 2. The maximum absolute atomic E-state index is 12.3. The van der Waals surface area contributed by atoms with Gasteiger partial charge >= 0.3 is 0 Å². The number of aromatic nitrogens is 6. The molecule has 4 heterocycles. The Bertz CT molecular complexity index is 1000. The van der Waals surface area contributed by atoms with Gasteiger partial charge in [0.1, 0.15) is 5.82 Å². The Morgan fingerprint density at radius 1 is 0.931 bits per heavy atom. The summed E-state index contributed by atoms with van der Waals surface area (Å²) >= 11 is 0. The fraction of sp³-hybridized carbons (Fsp3) is 0.450. The summed E-state index contributed by atoms with van der Waals surface area (Å²) in [5, 5.41) is 8.98. The van der Waals surface area contributed by atoms with Gasteiger partial charge in [0.05, 0.1) is 18.8 Å². The summed E-state index contributed by atoms with van der Waals surface area (Å²) in [4.78, 5) is 25.6. The highest BCUT2D eigenvalue weighted by atomic mass is 16.1. The highest BCUT2D eigenvalue weighted by molar-refractivity contribution is 5.23. The molecule has 0 amide bonds. The van der Waals surface area contributed by atoms with Crippen LogP contribution in [0.25, 0.3) is 5.82 Å². The number of rotatable bonds is 6. The topological polar surface area (TPSA) is 85.0 Å². The zero-order valence-electron chi connectivity index (χ0n) is 16.9. The molecule has 3 aromatic heterocycles. The van der Waals surface area contributed by atoms with Crippen LogP contribution in [0.2, 0.25) is 0 Å². The number of nitrogens with zero attached hydrogens (tertiary/aromatic N) is 8. The van der Waals surface area contributed by atoms with Gasteiger partial charge in [-0.15, -0.1) is 5.10 Å². The van der Waals surface area contributed by atoms with E-state index in [2.05, 4.69) is 30.0 Å². The molecule has 0 saturated carbocycles. The van der Waals surface area contributed by atoms with Crippen LogP contribution >= 0.6 is 0 Å². The third-order valence-corrected chi connectivity index (χ3v) is 5.16. The summed E-state index contributed by atoms with van der Waals surface area (Å²) < 4.78 is 3.31. The summed E-state index contributed by atoms with van der Waals surface area (Å²) in [6.45, 7) is 9.91. The minimum Gasteiger partial charge on any atom is -0.299 e. The molecule has 0 aliphatic carbocycles. The molecule has 0 radical (unpaired) electrons. The lowest BCUT2D eigenvalue weighted by molar-refractivity contribution is 0.120. The van der Waals surface area contributed by atoms with Gasteiger partial charge in [-0.3, -0.25) is 14.6 Å². The molecule has 1 aliphatic rings. The second-order valence-electron chi connectivity index (χ2n) is 7.37. The monoisotopic (exact) mass is 394 g/mol. The molecule has 0 aromatic carbocycles. The third-order valence-electron chi connectivity index (χ3n) is 5.16. The van der Waals surface area contributed by atoms with Gasteiger partial charge < -0.3 is 0 Å². The van der Waals surface area contributed by atoms with Crippen LogP contribution in [0, 0.1) is 13.8 Å².